The summed E-state index contributed by atoms with van der Waals surface area (Å²) in [5, 5.41) is 18.4. The van der Waals surface area contributed by atoms with E-state index in [9.17, 15) is 47.9 Å². The summed E-state index contributed by atoms with van der Waals surface area (Å²) in [5.41, 5.74) is 34.0. The summed E-state index contributed by atoms with van der Waals surface area (Å²) in [5.74, 6) is -8.17. The molecule has 26 heteroatoms. The zero-order valence-corrected chi connectivity index (χ0v) is 42.7. The van der Waals surface area contributed by atoms with E-state index in [0.717, 1.165) is 0 Å². The summed E-state index contributed by atoms with van der Waals surface area (Å²) in [6.07, 6.45) is 0.230. The second-order valence-corrected chi connectivity index (χ2v) is 18.5. The first kappa shape index (κ1) is 61.0. The number of hydrogen-bond acceptors (Lipinski definition) is 12. The summed E-state index contributed by atoms with van der Waals surface area (Å²) in [4.78, 5) is 143. The molecular formula is C49H74N16O10. The van der Waals surface area contributed by atoms with E-state index in [1.54, 1.807) is 60.7 Å². The van der Waals surface area contributed by atoms with E-state index in [1.807, 2.05) is 13.8 Å². The Morgan fingerprint density at radius 2 is 1.07 bits per heavy atom. The molecule has 0 aliphatic carbocycles. The van der Waals surface area contributed by atoms with Gasteiger partial charge in [0.2, 0.25) is 59.1 Å². The van der Waals surface area contributed by atoms with Gasteiger partial charge in [0, 0.05) is 39.4 Å². The van der Waals surface area contributed by atoms with Gasteiger partial charge < -0.3 is 76.5 Å². The van der Waals surface area contributed by atoms with Crippen LogP contribution in [0.5, 0.6) is 0 Å². The van der Waals surface area contributed by atoms with Gasteiger partial charge in [0.1, 0.15) is 42.3 Å². The maximum Gasteiger partial charge on any atom is 0.245 e. The van der Waals surface area contributed by atoms with E-state index < -0.39 is 114 Å². The third kappa shape index (κ3) is 22.5. The third-order valence-corrected chi connectivity index (χ3v) is 11.7. The third-order valence-electron chi connectivity index (χ3n) is 11.7. The fourth-order valence-electron chi connectivity index (χ4n) is 8.09. The summed E-state index contributed by atoms with van der Waals surface area (Å²) in [6, 6.07) is 8.54. The van der Waals surface area contributed by atoms with Gasteiger partial charge in [-0.15, -0.1) is 0 Å². The number of carbonyl (C=O) groups excluding carboxylic acids is 10. The molecule has 1 aliphatic rings. The minimum atomic E-state index is -1.49. The van der Waals surface area contributed by atoms with Crippen molar-refractivity contribution in [3.63, 3.8) is 0 Å². The van der Waals surface area contributed by atoms with Crippen LogP contribution < -0.4 is 71.6 Å². The fraction of sp³-hybridized carbons (Fsp3) is 0.510. The Morgan fingerprint density at radius 3 is 1.56 bits per heavy atom. The minimum absolute atomic E-state index is 0.0368. The molecule has 0 aromatic heterocycles. The van der Waals surface area contributed by atoms with Crippen molar-refractivity contribution in [1.82, 2.24) is 42.1 Å². The van der Waals surface area contributed by atoms with Gasteiger partial charge >= 0.3 is 0 Å². The van der Waals surface area contributed by atoms with Crippen LogP contribution in [-0.4, -0.2) is 144 Å². The molecule has 1 saturated heterocycles. The van der Waals surface area contributed by atoms with Crippen molar-refractivity contribution < 1.29 is 47.9 Å². The molecule has 0 spiro atoms. The molecule has 3 rings (SSSR count). The highest BCUT2D eigenvalue weighted by atomic mass is 16.2. The number of benzene rings is 2. The van der Waals surface area contributed by atoms with Gasteiger partial charge in [-0.2, -0.15) is 0 Å². The monoisotopic (exact) mass is 1050 g/mol. The van der Waals surface area contributed by atoms with Crippen molar-refractivity contribution in [2.75, 3.05) is 26.2 Å². The van der Waals surface area contributed by atoms with Gasteiger partial charge in [-0.25, -0.2) is 0 Å². The number of hydrogen-bond donors (Lipinski definition) is 13. The highest BCUT2D eigenvalue weighted by molar-refractivity contribution is 5.98. The molecule has 2 aromatic carbocycles. The summed E-state index contributed by atoms with van der Waals surface area (Å²) in [7, 11) is 0. The number of likely N-dealkylation sites (tertiary alicyclic amines) is 1. The lowest BCUT2D eigenvalue weighted by Gasteiger charge is -2.31. The van der Waals surface area contributed by atoms with E-state index in [4.69, 9.17) is 34.4 Å². The smallest absolute Gasteiger partial charge is 0.245 e. The number of aliphatic imine (C=N–C) groups is 2. The van der Waals surface area contributed by atoms with Crippen LogP contribution in [0.25, 0.3) is 0 Å². The van der Waals surface area contributed by atoms with Gasteiger partial charge in [0.05, 0.1) is 13.0 Å². The maximum absolute atomic E-state index is 14.7. The van der Waals surface area contributed by atoms with Crippen LogP contribution in [0.3, 0.4) is 0 Å². The summed E-state index contributed by atoms with van der Waals surface area (Å²) in [6.45, 7) is 4.70. The fourth-order valence-corrected chi connectivity index (χ4v) is 8.09. The first-order valence-corrected chi connectivity index (χ1v) is 24.7. The molecule has 7 atom stereocenters. The predicted octanol–water partition coefficient (Wildman–Crippen LogP) is -3.98. The second-order valence-electron chi connectivity index (χ2n) is 18.5. The predicted molar refractivity (Wildman–Crippen MR) is 278 cm³/mol. The average molecular weight is 1050 g/mol. The van der Waals surface area contributed by atoms with Crippen LogP contribution in [-0.2, 0) is 60.8 Å². The largest absolute Gasteiger partial charge is 0.370 e. The lowest BCUT2D eigenvalue weighted by molar-refractivity contribution is -0.142. The molecule has 0 saturated carbocycles. The first-order valence-electron chi connectivity index (χ1n) is 24.7. The quantitative estimate of drug-likeness (QED) is 0.0195. The molecule has 1 heterocycles. The molecule has 26 nitrogen and oxygen atoms in total. The Balaban J connectivity index is 1.95. The maximum atomic E-state index is 14.7. The second kappa shape index (κ2) is 31.3. The van der Waals surface area contributed by atoms with Crippen molar-refractivity contribution in [2.24, 2.45) is 50.3 Å². The Kier molecular flexibility index (Phi) is 25.5. The van der Waals surface area contributed by atoms with Crippen molar-refractivity contribution >= 4 is 71.0 Å². The zero-order valence-electron chi connectivity index (χ0n) is 42.7. The van der Waals surface area contributed by atoms with E-state index in [2.05, 4.69) is 47.2 Å². The average Bonchev–Trinajstić information content (AvgIpc) is 3.85. The van der Waals surface area contributed by atoms with Crippen LogP contribution in [0, 0.1) is 5.92 Å². The van der Waals surface area contributed by atoms with Crippen LogP contribution >= 0.6 is 0 Å². The van der Waals surface area contributed by atoms with E-state index in [0.29, 0.717) is 17.5 Å². The van der Waals surface area contributed by atoms with Gasteiger partial charge in [0.15, 0.2) is 11.9 Å². The molecule has 19 N–H and O–H groups in total. The van der Waals surface area contributed by atoms with Crippen molar-refractivity contribution in [3.05, 3.63) is 71.8 Å². The van der Waals surface area contributed by atoms with E-state index in [-0.39, 0.29) is 88.8 Å². The lowest BCUT2D eigenvalue weighted by atomic mass is 9.99. The number of guanidine groups is 2. The number of carbonyl (C=O) groups is 10. The van der Waals surface area contributed by atoms with Gasteiger partial charge in [0.25, 0.3) is 0 Å². The van der Waals surface area contributed by atoms with Crippen LogP contribution in [0.1, 0.15) is 83.3 Å². The van der Waals surface area contributed by atoms with Crippen molar-refractivity contribution in [2.45, 2.75) is 127 Å². The van der Waals surface area contributed by atoms with Gasteiger partial charge in [-0.1, -0.05) is 74.5 Å². The molecule has 0 radical (unpaired) electrons. The molecular weight excluding hydrogens is 973 g/mol. The number of nitrogens with zero attached hydrogens (tertiary/aromatic N) is 3. The molecule has 410 valence electrons. The first-order chi connectivity index (χ1) is 35.5. The van der Waals surface area contributed by atoms with Gasteiger partial charge in [-0.3, -0.25) is 57.9 Å². The number of primary amides is 2. The SMILES string of the molecule is CC(=O)NCC(=O)N[C@@H](Cc1ccccc1)C(=O)N[C@@H](CC(C)C)C(=O)N[C@@H](Cc1ccccc1)C(=O)N[C@@H](CCCN=C(N)N)C(=O)N1CCC[C@H]1C(=O)N[C@@H](CCCN=C(N)N)C(=O)N[C@@H](CC(N)=O)C(N)=O. The zero-order chi connectivity index (χ0) is 55.6. The highest BCUT2D eigenvalue weighted by Crippen LogP contribution is 2.21. The summed E-state index contributed by atoms with van der Waals surface area (Å²) < 4.78 is 0. The molecule has 2 aromatic rings. The lowest BCUT2D eigenvalue weighted by Crippen LogP contribution is -2.60. The van der Waals surface area contributed by atoms with Crippen LogP contribution in [0.15, 0.2) is 70.6 Å². The molecule has 1 aliphatic heterocycles. The Hall–Kier alpha value is -8.32. The van der Waals surface area contributed by atoms with Crippen LogP contribution in [0.2, 0.25) is 0 Å². The molecule has 75 heavy (non-hydrogen) atoms. The standard InChI is InChI=1S/C49H74N16O10/c1-28(2)23-35(63-44(72)36(24-30-13-6-4-7-14-30)59-40(68)27-58-29(3)66)43(71)64-37(25-31-15-8-5-9-16-31)45(73)61-33(18-11-21-57-49(54)55)47(75)65-22-12-19-38(65)46(74)60-32(17-10-20-56-48(52)53)42(70)62-34(41(51)69)26-39(50)67/h4-9,13-16,28,32-38H,10-12,17-27H2,1-3H3,(H2,50,67)(H2,51,69)(H,58,66)(H,59,68)(H,60,74)(H,61,73)(H,62,70)(H,63,72)(H,64,71)(H4,52,53,56)(H4,54,55,57)/t32-,33-,34-,35-,36-,37-,38-/m0/s1. The Morgan fingerprint density at radius 1 is 0.600 bits per heavy atom. The van der Waals surface area contributed by atoms with E-state index in [1.165, 1.54) is 11.8 Å². The minimum Gasteiger partial charge on any atom is -0.370 e. The molecule has 1 fully saturated rings. The topological polar surface area (TPSA) is 439 Å². The number of nitrogens with one attached hydrogen (secondary N) is 7. The normalized spacial score (nSPS) is 15.3. The number of nitrogens with two attached hydrogens (primary N) is 6. The molecule has 0 bridgehead atoms. The Bertz CT molecular complexity index is 2340. The van der Waals surface area contributed by atoms with Crippen molar-refractivity contribution in [3.8, 4) is 0 Å². The Labute approximate surface area is 435 Å². The molecule has 10 amide bonds. The van der Waals surface area contributed by atoms with E-state index >= 15 is 0 Å². The number of amides is 10. The number of rotatable bonds is 31. The summed E-state index contributed by atoms with van der Waals surface area (Å²) >= 11 is 0. The van der Waals surface area contributed by atoms with Crippen molar-refractivity contribution in [1.29, 1.82) is 0 Å². The van der Waals surface area contributed by atoms with Gasteiger partial charge in [-0.05, 0) is 62.0 Å². The highest BCUT2D eigenvalue weighted by Gasteiger charge is 2.40. The molecule has 0 unspecified atom stereocenters. The van der Waals surface area contributed by atoms with Crippen LogP contribution in [0.4, 0.5) is 0 Å².